The number of benzene rings is 1. The van der Waals surface area contributed by atoms with Crippen molar-refractivity contribution in [1.82, 2.24) is 5.32 Å². The third-order valence-corrected chi connectivity index (χ3v) is 5.11. The molecule has 5 nitrogen and oxygen atoms in total. The van der Waals surface area contributed by atoms with Gasteiger partial charge in [0.2, 0.25) is 5.82 Å². The van der Waals surface area contributed by atoms with Crippen molar-refractivity contribution in [1.29, 1.82) is 0 Å². The molecular formula is C13H12F4N2O3S. The van der Waals surface area contributed by atoms with E-state index in [2.05, 4.69) is 10.1 Å². The van der Waals surface area contributed by atoms with Crippen LogP contribution in [0.5, 0.6) is 5.75 Å². The van der Waals surface area contributed by atoms with E-state index >= 15 is 0 Å². The molecule has 3 rings (SSSR count). The van der Waals surface area contributed by atoms with Gasteiger partial charge < -0.3 is 19.8 Å². The zero-order valence-corrected chi connectivity index (χ0v) is 12.6. The van der Waals surface area contributed by atoms with Gasteiger partial charge in [0.25, 0.3) is 0 Å². The maximum Gasteiger partial charge on any atom is 0.387 e. The molecule has 2 aliphatic rings. The summed E-state index contributed by atoms with van der Waals surface area (Å²) in [5.74, 6) is -4.72. The number of rotatable bonds is 3. The quantitative estimate of drug-likeness (QED) is 0.492. The highest BCUT2D eigenvalue weighted by molar-refractivity contribution is 7.95. The van der Waals surface area contributed by atoms with Gasteiger partial charge in [-0.25, -0.2) is 4.39 Å². The summed E-state index contributed by atoms with van der Waals surface area (Å²) in [4.78, 5) is 0. The summed E-state index contributed by atoms with van der Waals surface area (Å²) >= 11 is -1.61. The lowest BCUT2D eigenvalue weighted by molar-refractivity contribution is -0.724. The molecule has 0 amide bonds. The minimum atomic E-state index is -3.37. The van der Waals surface area contributed by atoms with Crippen molar-refractivity contribution in [2.75, 3.05) is 5.88 Å². The molecule has 1 aromatic rings. The number of halogens is 4. The molecule has 126 valence electrons. The Labute approximate surface area is 131 Å². The van der Waals surface area contributed by atoms with Crippen molar-refractivity contribution in [3.05, 3.63) is 39.2 Å². The average Bonchev–Trinajstić information content (AvgIpc) is 2.87. The molecule has 2 aliphatic heterocycles. The lowest BCUT2D eigenvalue weighted by atomic mass is 9.88. The normalized spacial score (nSPS) is 26.2. The molecule has 0 bridgehead atoms. The van der Waals surface area contributed by atoms with Gasteiger partial charge in [-0.2, -0.15) is 13.2 Å². The summed E-state index contributed by atoms with van der Waals surface area (Å²) in [5, 5.41) is 14.5. The summed E-state index contributed by atoms with van der Waals surface area (Å²) in [5.41, 5.74) is -0.127. The second kappa shape index (κ2) is 5.86. The van der Waals surface area contributed by atoms with Crippen molar-refractivity contribution in [2.45, 2.75) is 25.9 Å². The van der Waals surface area contributed by atoms with Gasteiger partial charge in [-0.3, -0.25) is 5.06 Å². The van der Waals surface area contributed by atoms with Crippen LogP contribution in [0.1, 0.15) is 24.8 Å². The van der Waals surface area contributed by atoms with Gasteiger partial charge in [-0.1, -0.05) is 6.92 Å². The predicted molar refractivity (Wildman–Crippen MR) is 73.2 cm³/mol. The molecule has 3 unspecified atom stereocenters. The molecule has 0 saturated heterocycles. The van der Waals surface area contributed by atoms with Crippen molar-refractivity contribution in [2.24, 2.45) is 0 Å². The average molecular weight is 352 g/mol. The van der Waals surface area contributed by atoms with Gasteiger partial charge >= 0.3 is 11.6 Å². The molecule has 0 fully saturated rings. The number of hydroxylamine groups is 1. The van der Waals surface area contributed by atoms with E-state index in [1.807, 2.05) is 0 Å². The van der Waals surface area contributed by atoms with Crippen LogP contribution in [-0.2, 0) is 11.2 Å². The number of nitrogens with one attached hydrogen (secondary N) is 2. The molecule has 0 spiro atoms. The summed E-state index contributed by atoms with van der Waals surface area (Å²) in [6.07, 6.45) is 0.300. The van der Waals surface area contributed by atoms with Crippen LogP contribution in [-0.4, -0.2) is 17.0 Å². The number of hydrogen-bond donors (Lipinski definition) is 2. The minimum absolute atomic E-state index is 0.00308. The second-order valence-electron chi connectivity index (χ2n) is 5.04. The van der Waals surface area contributed by atoms with Crippen molar-refractivity contribution < 1.29 is 31.9 Å². The maximum atomic E-state index is 14.0. The zero-order chi connectivity index (χ0) is 16.9. The summed E-state index contributed by atoms with van der Waals surface area (Å²) in [7, 11) is 0. The highest BCUT2D eigenvalue weighted by Crippen LogP contribution is 2.45. The van der Waals surface area contributed by atoms with Crippen LogP contribution in [0.25, 0.3) is 0 Å². The monoisotopic (exact) mass is 352 g/mol. The topological polar surface area (TPSA) is 71.8 Å². The third kappa shape index (κ3) is 2.45. The second-order valence-corrected chi connectivity index (χ2v) is 6.43. The summed E-state index contributed by atoms with van der Waals surface area (Å²) < 4.78 is 69.0. The van der Waals surface area contributed by atoms with Gasteiger partial charge in [0.15, 0.2) is 23.1 Å². The van der Waals surface area contributed by atoms with E-state index < -0.39 is 46.2 Å². The molecule has 1 aromatic carbocycles. The maximum absolute atomic E-state index is 14.0. The Kier molecular flexibility index (Phi) is 4.17. The lowest BCUT2D eigenvalue weighted by Gasteiger charge is -2.32. The van der Waals surface area contributed by atoms with Gasteiger partial charge in [0.1, 0.15) is 5.70 Å². The first kappa shape index (κ1) is 16.4. The van der Waals surface area contributed by atoms with Gasteiger partial charge in [-0.05, 0) is 6.42 Å². The first-order valence-corrected chi connectivity index (χ1v) is 8.06. The Morgan fingerprint density at radius 1 is 1.48 bits per heavy atom. The number of quaternary nitrogens is 1. The lowest BCUT2D eigenvalue weighted by Crippen LogP contribution is -3.01. The fourth-order valence-electron chi connectivity index (χ4n) is 2.96. The van der Waals surface area contributed by atoms with E-state index in [-0.39, 0.29) is 22.2 Å². The highest BCUT2D eigenvalue weighted by Gasteiger charge is 2.47. The molecule has 0 saturated carbocycles. The molecule has 2 N–H and O–H groups in total. The van der Waals surface area contributed by atoms with E-state index in [4.69, 9.17) is 0 Å². The zero-order valence-electron chi connectivity index (χ0n) is 11.8. The number of hydrogen-bond acceptors (Lipinski definition) is 4. The molecule has 10 heteroatoms. The number of alkyl halides is 2. The first-order chi connectivity index (χ1) is 10.9. The molecule has 0 aromatic heterocycles. The molecule has 0 radical (unpaired) electrons. The van der Waals surface area contributed by atoms with Gasteiger partial charge in [0, 0.05) is 12.0 Å². The first-order valence-electron chi connectivity index (χ1n) is 6.74. The van der Waals surface area contributed by atoms with Crippen molar-refractivity contribution >= 4 is 16.9 Å². The van der Waals surface area contributed by atoms with Crippen LogP contribution in [0.2, 0.25) is 0 Å². The Bertz CT molecular complexity index is 686. The molecule has 3 atom stereocenters. The van der Waals surface area contributed by atoms with E-state index in [1.54, 1.807) is 6.92 Å². The number of fused-ring (bicyclic) bond motifs is 1. The molecular weight excluding hydrogens is 340 g/mol. The van der Waals surface area contributed by atoms with E-state index in [1.165, 1.54) is 0 Å². The predicted octanol–water partition coefficient (Wildman–Crippen LogP) is 1.57. The fourth-order valence-corrected chi connectivity index (χ4v) is 4.16. The number of ether oxygens (including phenoxy) is 1. The Balaban J connectivity index is 2.25. The van der Waals surface area contributed by atoms with E-state index in [0.717, 1.165) is 0 Å². The third-order valence-electron chi connectivity index (χ3n) is 3.84. The number of allylic oxidation sites excluding steroid dienone is 1. The van der Waals surface area contributed by atoms with E-state index in [9.17, 15) is 27.3 Å². The van der Waals surface area contributed by atoms with Crippen LogP contribution in [0.15, 0.2) is 16.8 Å². The van der Waals surface area contributed by atoms with E-state index in [0.29, 0.717) is 18.2 Å². The smallest absolute Gasteiger partial charge is 0.387 e. The van der Waals surface area contributed by atoms with Crippen LogP contribution in [0, 0.1) is 16.8 Å². The van der Waals surface area contributed by atoms with Crippen LogP contribution >= 0.6 is 0 Å². The SMILES string of the molecule is CCC1C2=C([NH+]([O-])c3cc(F)c(F)c(OC(F)F)c31)[S+]([O-])CN2. The summed E-state index contributed by atoms with van der Waals surface area (Å²) in [6, 6.07) is 0.646. The largest absolute Gasteiger partial charge is 0.620 e. The van der Waals surface area contributed by atoms with Crippen LogP contribution in [0.4, 0.5) is 23.2 Å². The van der Waals surface area contributed by atoms with Crippen LogP contribution in [0.3, 0.4) is 0 Å². The van der Waals surface area contributed by atoms with Crippen molar-refractivity contribution in [3.63, 3.8) is 0 Å². The fraction of sp³-hybridized carbons (Fsp3) is 0.385. The minimum Gasteiger partial charge on any atom is -0.620 e. The molecule has 0 aliphatic carbocycles. The molecule has 2 heterocycles. The molecule has 23 heavy (non-hydrogen) atoms. The Hall–Kier alpha value is -1.49. The Morgan fingerprint density at radius 2 is 2.17 bits per heavy atom. The standard InChI is InChI=1S/C13H12F4N2O3S/c1-2-5-8-7(19(20)12-10(5)18-4-23(12)21)3-6(14)9(15)11(8)22-13(16)17/h3,5,13,18-19H,2,4H2,1H3. The highest BCUT2D eigenvalue weighted by atomic mass is 32.2. The van der Waals surface area contributed by atoms with Crippen molar-refractivity contribution in [3.8, 4) is 5.75 Å². The van der Waals surface area contributed by atoms with Gasteiger partial charge in [-0.15, -0.1) is 0 Å². The Morgan fingerprint density at radius 3 is 2.78 bits per heavy atom. The van der Waals surface area contributed by atoms with Crippen LogP contribution < -0.4 is 15.1 Å². The summed E-state index contributed by atoms with van der Waals surface area (Å²) in [6.45, 7) is -1.69. The van der Waals surface area contributed by atoms with Gasteiger partial charge in [0.05, 0.1) is 16.7 Å².